The summed E-state index contributed by atoms with van der Waals surface area (Å²) < 4.78 is 5.32. The zero-order valence-electron chi connectivity index (χ0n) is 11.3. The Balaban J connectivity index is 1.74. The minimum Gasteiger partial charge on any atom is -0.378 e. The van der Waals surface area contributed by atoms with E-state index < -0.39 is 0 Å². The lowest BCUT2D eigenvalue weighted by Crippen LogP contribution is -2.64. The van der Waals surface area contributed by atoms with Crippen molar-refractivity contribution in [2.24, 2.45) is 0 Å². The molecule has 0 N–H and O–H groups in total. The van der Waals surface area contributed by atoms with Crippen molar-refractivity contribution in [2.75, 3.05) is 31.2 Å². The van der Waals surface area contributed by atoms with Crippen LogP contribution in [0.1, 0.15) is 13.8 Å². The molecule has 19 heavy (non-hydrogen) atoms. The highest BCUT2D eigenvalue weighted by Gasteiger charge is 2.37. The molecule has 0 spiro atoms. The molecule has 0 saturated carbocycles. The van der Waals surface area contributed by atoms with Gasteiger partial charge >= 0.3 is 0 Å². The molecule has 1 aromatic heterocycles. The molecule has 1 aromatic rings. The van der Waals surface area contributed by atoms with Crippen LogP contribution in [-0.4, -0.2) is 59.3 Å². The first-order chi connectivity index (χ1) is 9.15. The van der Waals surface area contributed by atoms with Crippen molar-refractivity contribution in [1.82, 2.24) is 14.9 Å². The van der Waals surface area contributed by atoms with Gasteiger partial charge in [-0.3, -0.25) is 4.90 Å². The van der Waals surface area contributed by atoms with Crippen LogP contribution in [-0.2, 0) is 4.74 Å². The summed E-state index contributed by atoms with van der Waals surface area (Å²) in [5, 5.41) is 0.500. The van der Waals surface area contributed by atoms with E-state index in [0.717, 1.165) is 32.1 Å². The van der Waals surface area contributed by atoms with E-state index in [1.165, 1.54) is 6.33 Å². The van der Waals surface area contributed by atoms with Crippen LogP contribution in [0, 0.1) is 0 Å². The third kappa shape index (κ3) is 2.55. The fourth-order valence-corrected chi connectivity index (χ4v) is 3.28. The molecular weight excluding hydrogens is 264 g/mol. The molecule has 104 valence electrons. The fourth-order valence-electron chi connectivity index (χ4n) is 3.13. The summed E-state index contributed by atoms with van der Waals surface area (Å²) in [7, 11) is 0. The number of nitrogens with zero attached hydrogens (tertiary/aromatic N) is 4. The van der Waals surface area contributed by atoms with Gasteiger partial charge in [-0.1, -0.05) is 11.6 Å². The molecule has 2 fully saturated rings. The molecule has 0 bridgehead atoms. The normalized spacial score (nSPS) is 29.3. The summed E-state index contributed by atoms with van der Waals surface area (Å²) in [4.78, 5) is 13.1. The number of ether oxygens (including phenoxy) is 1. The van der Waals surface area contributed by atoms with Crippen LogP contribution in [0.4, 0.5) is 5.82 Å². The van der Waals surface area contributed by atoms with Crippen molar-refractivity contribution < 1.29 is 4.74 Å². The number of halogens is 1. The maximum absolute atomic E-state index is 5.94. The molecule has 0 unspecified atom stereocenters. The highest BCUT2D eigenvalue weighted by atomic mass is 35.5. The lowest BCUT2D eigenvalue weighted by Gasteiger charge is -2.50. The van der Waals surface area contributed by atoms with Gasteiger partial charge in [0.25, 0.3) is 0 Å². The lowest BCUT2D eigenvalue weighted by atomic mass is 10.0. The minimum atomic E-state index is 0.492. The molecule has 0 radical (unpaired) electrons. The van der Waals surface area contributed by atoms with E-state index in [2.05, 4.69) is 33.6 Å². The van der Waals surface area contributed by atoms with Crippen LogP contribution in [0.5, 0.6) is 0 Å². The zero-order valence-corrected chi connectivity index (χ0v) is 12.0. The van der Waals surface area contributed by atoms with Crippen molar-refractivity contribution in [3.8, 4) is 0 Å². The van der Waals surface area contributed by atoms with Gasteiger partial charge < -0.3 is 9.64 Å². The third-order valence-electron chi connectivity index (χ3n) is 3.97. The van der Waals surface area contributed by atoms with Gasteiger partial charge in [-0.2, -0.15) is 0 Å². The summed E-state index contributed by atoms with van der Waals surface area (Å²) in [5.41, 5.74) is 0. The number of hydrogen-bond acceptors (Lipinski definition) is 5. The van der Waals surface area contributed by atoms with Crippen molar-refractivity contribution in [3.05, 3.63) is 17.5 Å². The first-order valence-electron chi connectivity index (χ1n) is 6.73. The summed E-state index contributed by atoms with van der Waals surface area (Å²) in [6.45, 7) is 8.21. The molecule has 3 heterocycles. The molecule has 2 aliphatic heterocycles. The first-order valence-corrected chi connectivity index (χ1v) is 7.10. The van der Waals surface area contributed by atoms with Gasteiger partial charge in [0.1, 0.15) is 17.3 Å². The smallest absolute Gasteiger partial charge is 0.134 e. The van der Waals surface area contributed by atoms with Gasteiger partial charge in [0.2, 0.25) is 0 Å². The number of hydrogen-bond donors (Lipinski definition) is 0. The predicted octanol–water partition coefficient (Wildman–Crippen LogP) is 1.43. The predicted molar refractivity (Wildman–Crippen MR) is 74.6 cm³/mol. The van der Waals surface area contributed by atoms with Crippen LogP contribution < -0.4 is 4.90 Å². The zero-order chi connectivity index (χ0) is 13.4. The third-order valence-corrected chi connectivity index (χ3v) is 4.18. The standard InChI is InChI=1S/C13H19ClN4O/c1-9-4-17(13-3-12(14)15-8-16-13)5-10(2)18(9)11-6-19-7-11/h3,8-11H,4-7H2,1-2H3/t9-,10+. The molecule has 6 heteroatoms. The van der Waals surface area contributed by atoms with Crippen LogP contribution in [0.2, 0.25) is 5.15 Å². The Labute approximate surface area is 118 Å². The topological polar surface area (TPSA) is 41.5 Å². The molecule has 2 atom stereocenters. The van der Waals surface area contributed by atoms with E-state index in [-0.39, 0.29) is 0 Å². The summed E-state index contributed by atoms with van der Waals surface area (Å²) >= 11 is 5.94. The number of aromatic nitrogens is 2. The van der Waals surface area contributed by atoms with E-state index >= 15 is 0 Å². The summed E-state index contributed by atoms with van der Waals surface area (Å²) in [6, 6.07) is 3.40. The van der Waals surface area contributed by atoms with Gasteiger partial charge in [0, 0.05) is 31.2 Å². The van der Waals surface area contributed by atoms with E-state index in [0.29, 0.717) is 23.3 Å². The van der Waals surface area contributed by atoms with Crippen LogP contribution in [0.25, 0.3) is 0 Å². The van der Waals surface area contributed by atoms with Crippen molar-refractivity contribution >= 4 is 17.4 Å². The molecule has 5 nitrogen and oxygen atoms in total. The van der Waals surface area contributed by atoms with Crippen LogP contribution in [0.15, 0.2) is 12.4 Å². The second kappa shape index (κ2) is 5.23. The number of piperazine rings is 1. The molecule has 0 aliphatic carbocycles. The highest BCUT2D eigenvalue weighted by Crippen LogP contribution is 2.25. The maximum Gasteiger partial charge on any atom is 0.134 e. The van der Waals surface area contributed by atoms with Gasteiger partial charge in [-0.05, 0) is 13.8 Å². The monoisotopic (exact) mass is 282 g/mol. The Bertz CT molecular complexity index is 442. The Morgan fingerprint density at radius 1 is 1.21 bits per heavy atom. The lowest BCUT2D eigenvalue weighted by molar-refractivity contribution is -0.0941. The average molecular weight is 283 g/mol. The molecular formula is C13H19ClN4O. The Morgan fingerprint density at radius 2 is 1.89 bits per heavy atom. The van der Waals surface area contributed by atoms with Gasteiger partial charge in [0.15, 0.2) is 0 Å². The SMILES string of the molecule is C[C@@H]1CN(c2cc(Cl)ncn2)C[C@H](C)N1C1COC1. The maximum atomic E-state index is 5.94. The first kappa shape index (κ1) is 13.1. The van der Waals surface area contributed by atoms with E-state index in [4.69, 9.17) is 16.3 Å². The number of rotatable bonds is 2. The average Bonchev–Trinajstić information content (AvgIpc) is 2.31. The van der Waals surface area contributed by atoms with Gasteiger partial charge in [-0.15, -0.1) is 0 Å². The second-order valence-corrected chi connectivity index (χ2v) is 5.83. The van der Waals surface area contributed by atoms with Crippen LogP contribution in [0.3, 0.4) is 0 Å². The molecule has 2 aliphatic rings. The van der Waals surface area contributed by atoms with Crippen molar-refractivity contribution in [2.45, 2.75) is 32.0 Å². The van der Waals surface area contributed by atoms with E-state index in [1.54, 1.807) is 0 Å². The Kier molecular flexibility index (Phi) is 3.60. The van der Waals surface area contributed by atoms with E-state index in [9.17, 15) is 0 Å². The molecule has 0 amide bonds. The second-order valence-electron chi connectivity index (χ2n) is 5.44. The Hall–Kier alpha value is -0.910. The quantitative estimate of drug-likeness (QED) is 0.768. The molecule has 2 saturated heterocycles. The number of anilines is 1. The molecule has 3 rings (SSSR count). The van der Waals surface area contributed by atoms with E-state index in [1.807, 2.05) is 6.07 Å². The molecule has 0 aromatic carbocycles. The highest BCUT2D eigenvalue weighted by molar-refractivity contribution is 6.29. The minimum absolute atomic E-state index is 0.492. The van der Waals surface area contributed by atoms with Crippen molar-refractivity contribution in [3.63, 3.8) is 0 Å². The Morgan fingerprint density at radius 3 is 2.42 bits per heavy atom. The van der Waals surface area contributed by atoms with Crippen LogP contribution >= 0.6 is 11.6 Å². The van der Waals surface area contributed by atoms with Gasteiger partial charge in [-0.25, -0.2) is 9.97 Å². The fraction of sp³-hybridized carbons (Fsp3) is 0.692. The summed E-state index contributed by atoms with van der Waals surface area (Å²) in [5.74, 6) is 0.920. The largest absolute Gasteiger partial charge is 0.378 e. The van der Waals surface area contributed by atoms with Gasteiger partial charge in [0.05, 0.1) is 19.3 Å². The summed E-state index contributed by atoms with van der Waals surface area (Å²) in [6.07, 6.45) is 1.53. The van der Waals surface area contributed by atoms with Crippen molar-refractivity contribution in [1.29, 1.82) is 0 Å².